The van der Waals surface area contributed by atoms with Crippen molar-refractivity contribution in [3.05, 3.63) is 39.9 Å². The van der Waals surface area contributed by atoms with E-state index in [9.17, 15) is 24.5 Å². The summed E-state index contributed by atoms with van der Waals surface area (Å²) in [6, 6.07) is 5.65. The fourth-order valence-electron chi connectivity index (χ4n) is 1.80. The summed E-state index contributed by atoms with van der Waals surface area (Å²) in [5.74, 6) is -0.0757. The van der Waals surface area contributed by atoms with Crippen LogP contribution in [0.25, 0.3) is 0 Å². The smallest absolute Gasteiger partial charge is 0.407 e. The second-order valence-electron chi connectivity index (χ2n) is 4.93. The molecule has 1 aliphatic heterocycles. The van der Waals surface area contributed by atoms with Crippen molar-refractivity contribution in [2.75, 3.05) is 6.54 Å². The number of β-lactam (4-membered cyclic amide) rings is 1. The van der Waals surface area contributed by atoms with Crippen LogP contribution in [0.15, 0.2) is 24.3 Å². The monoisotopic (exact) mass is 353 g/mol. The van der Waals surface area contributed by atoms with Crippen LogP contribution >= 0.6 is 11.8 Å². The van der Waals surface area contributed by atoms with Crippen LogP contribution in [0.5, 0.6) is 0 Å². The topological polar surface area (TPSA) is 128 Å². The van der Waals surface area contributed by atoms with E-state index in [2.05, 4.69) is 10.6 Å². The van der Waals surface area contributed by atoms with Crippen molar-refractivity contribution in [3.8, 4) is 0 Å². The largest absolute Gasteiger partial charge is 0.445 e. The lowest BCUT2D eigenvalue weighted by atomic mass is 10.2. The van der Waals surface area contributed by atoms with Gasteiger partial charge in [-0.2, -0.15) is 0 Å². The van der Waals surface area contributed by atoms with Gasteiger partial charge in [0.15, 0.2) is 5.12 Å². The Balaban J connectivity index is 1.60. The fraction of sp³-hybridized carbons (Fsp3) is 0.357. The van der Waals surface area contributed by atoms with Gasteiger partial charge in [0.05, 0.1) is 16.7 Å². The first-order valence-corrected chi connectivity index (χ1v) is 7.95. The van der Waals surface area contributed by atoms with E-state index in [1.54, 1.807) is 0 Å². The van der Waals surface area contributed by atoms with E-state index in [0.29, 0.717) is 12.0 Å². The summed E-state index contributed by atoms with van der Waals surface area (Å²) in [6.45, 7) is 0.103. The maximum Gasteiger partial charge on any atom is 0.407 e. The minimum atomic E-state index is -0.678. The molecule has 1 fully saturated rings. The lowest BCUT2D eigenvalue weighted by Gasteiger charge is -2.25. The zero-order valence-electron chi connectivity index (χ0n) is 12.5. The van der Waals surface area contributed by atoms with Crippen LogP contribution in [-0.4, -0.2) is 34.0 Å². The number of nitro benzene ring substituents is 1. The molecule has 0 bridgehead atoms. The summed E-state index contributed by atoms with van der Waals surface area (Å²) in [7, 11) is 0. The van der Waals surface area contributed by atoms with Crippen LogP contribution in [0.2, 0.25) is 0 Å². The van der Waals surface area contributed by atoms with Gasteiger partial charge in [0.1, 0.15) is 6.61 Å². The highest BCUT2D eigenvalue weighted by Crippen LogP contribution is 2.20. The number of carbonyl (C=O) groups is 3. The Kier molecular flexibility index (Phi) is 6.13. The number of rotatable bonds is 7. The van der Waals surface area contributed by atoms with Crippen molar-refractivity contribution >= 4 is 34.6 Å². The summed E-state index contributed by atoms with van der Waals surface area (Å²) in [5.41, 5.74) is 0.574. The number of ether oxygens (including phenoxy) is 1. The number of non-ortho nitro benzene ring substituents is 1. The molecule has 2 amide bonds. The van der Waals surface area contributed by atoms with Gasteiger partial charge < -0.3 is 15.4 Å². The molecule has 0 saturated carbocycles. The number of thioether (sulfide) groups is 1. The molecule has 1 aromatic rings. The van der Waals surface area contributed by atoms with Gasteiger partial charge in [-0.25, -0.2) is 4.79 Å². The number of benzene rings is 1. The number of hydrogen-bond acceptors (Lipinski definition) is 7. The third-order valence-corrected chi connectivity index (χ3v) is 4.12. The molecule has 1 atom stereocenters. The van der Waals surface area contributed by atoms with E-state index in [1.807, 2.05) is 0 Å². The Morgan fingerprint density at radius 3 is 2.62 bits per heavy atom. The van der Waals surface area contributed by atoms with E-state index in [4.69, 9.17) is 4.74 Å². The quantitative estimate of drug-likeness (QED) is 0.430. The molecular formula is C14H15N3O6S. The average molecular weight is 353 g/mol. The maximum atomic E-state index is 11.6. The SMILES string of the molecule is O=C1C[C@H](SC(=O)CCNC(=O)OCc2ccc([N+](=O)[O-])cc2)N1. The van der Waals surface area contributed by atoms with E-state index in [-0.39, 0.29) is 41.7 Å². The highest BCUT2D eigenvalue weighted by atomic mass is 32.2. The predicted molar refractivity (Wildman–Crippen MR) is 85.0 cm³/mol. The van der Waals surface area contributed by atoms with Crippen LogP contribution in [0, 0.1) is 10.1 Å². The lowest BCUT2D eigenvalue weighted by Crippen LogP contribution is -2.46. The van der Waals surface area contributed by atoms with Gasteiger partial charge in [-0.05, 0) is 17.7 Å². The normalized spacial score (nSPS) is 15.8. The molecule has 9 nitrogen and oxygen atoms in total. The molecule has 0 radical (unpaired) electrons. The molecular weight excluding hydrogens is 338 g/mol. The van der Waals surface area contributed by atoms with Crippen molar-refractivity contribution < 1.29 is 24.0 Å². The van der Waals surface area contributed by atoms with Crippen molar-refractivity contribution in [2.45, 2.75) is 24.8 Å². The van der Waals surface area contributed by atoms with Gasteiger partial charge >= 0.3 is 6.09 Å². The second-order valence-corrected chi connectivity index (χ2v) is 6.19. The van der Waals surface area contributed by atoms with Crippen LogP contribution in [0.1, 0.15) is 18.4 Å². The van der Waals surface area contributed by atoms with Crippen LogP contribution in [0.4, 0.5) is 10.5 Å². The third kappa shape index (κ3) is 5.54. The number of nitrogens with one attached hydrogen (secondary N) is 2. The van der Waals surface area contributed by atoms with E-state index in [1.165, 1.54) is 24.3 Å². The molecule has 0 aliphatic carbocycles. The van der Waals surface area contributed by atoms with E-state index < -0.39 is 11.0 Å². The zero-order chi connectivity index (χ0) is 17.5. The summed E-state index contributed by atoms with van der Waals surface area (Å²) in [4.78, 5) is 43.8. The molecule has 1 heterocycles. The van der Waals surface area contributed by atoms with Crippen molar-refractivity contribution in [3.63, 3.8) is 0 Å². The van der Waals surface area contributed by atoms with Gasteiger partial charge in [0.25, 0.3) is 5.69 Å². The molecule has 1 aromatic carbocycles. The van der Waals surface area contributed by atoms with E-state index in [0.717, 1.165) is 11.8 Å². The summed E-state index contributed by atoms with van der Waals surface area (Å²) < 4.78 is 4.94. The van der Waals surface area contributed by atoms with Crippen LogP contribution in [0.3, 0.4) is 0 Å². The molecule has 10 heteroatoms. The van der Waals surface area contributed by atoms with Gasteiger partial charge in [-0.1, -0.05) is 11.8 Å². The van der Waals surface area contributed by atoms with Gasteiger partial charge in [0, 0.05) is 25.1 Å². The van der Waals surface area contributed by atoms with Crippen molar-refractivity contribution in [2.24, 2.45) is 0 Å². The molecule has 2 rings (SSSR count). The highest BCUT2D eigenvalue weighted by Gasteiger charge is 2.27. The number of hydrogen-bond donors (Lipinski definition) is 2. The minimum absolute atomic E-state index is 0.0272. The van der Waals surface area contributed by atoms with Crippen LogP contribution in [-0.2, 0) is 20.9 Å². The number of nitro groups is 1. The molecule has 128 valence electrons. The molecule has 1 aliphatic rings. The molecule has 0 aromatic heterocycles. The lowest BCUT2D eigenvalue weighted by molar-refractivity contribution is -0.384. The number of amides is 2. The highest BCUT2D eigenvalue weighted by molar-refractivity contribution is 8.14. The Bertz CT molecular complexity index is 640. The number of carbonyl (C=O) groups excluding carboxylic acids is 3. The Labute approximate surface area is 141 Å². The first-order chi connectivity index (χ1) is 11.4. The first-order valence-electron chi connectivity index (χ1n) is 7.07. The van der Waals surface area contributed by atoms with Gasteiger partial charge in [-0.15, -0.1) is 0 Å². The molecule has 0 unspecified atom stereocenters. The predicted octanol–water partition coefficient (Wildman–Crippen LogP) is 1.32. The zero-order valence-corrected chi connectivity index (χ0v) is 13.3. The third-order valence-electron chi connectivity index (χ3n) is 3.08. The first kappa shape index (κ1) is 17.7. The Hall–Kier alpha value is -2.62. The maximum absolute atomic E-state index is 11.6. The summed E-state index contributed by atoms with van der Waals surface area (Å²) >= 11 is 1.04. The van der Waals surface area contributed by atoms with Crippen molar-refractivity contribution in [1.82, 2.24) is 10.6 Å². The Morgan fingerprint density at radius 1 is 1.38 bits per heavy atom. The molecule has 1 saturated heterocycles. The molecule has 0 spiro atoms. The average Bonchev–Trinajstić information content (AvgIpc) is 2.52. The standard InChI is InChI=1S/C14H15N3O6S/c18-11-7-12(16-11)24-13(19)5-6-15-14(20)23-8-9-1-3-10(4-2-9)17(21)22/h1-4,12H,5-8H2,(H,15,20)(H,16,18)/t12-/m0/s1. The summed E-state index contributed by atoms with van der Waals surface area (Å²) in [5, 5.41) is 15.2. The molecule has 2 N–H and O–H groups in total. The minimum Gasteiger partial charge on any atom is -0.445 e. The number of nitrogens with zero attached hydrogens (tertiary/aromatic N) is 1. The van der Waals surface area contributed by atoms with Crippen LogP contribution < -0.4 is 10.6 Å². The molecule has 24 heavy (non-hydrogen) atoms. The van der Waals surface area contributed by atoms with Gasteiger partial charge in [-0.3, -0.25) is 19.7 Å². The second kappa shape index (κ2) is 8.29. The Morgan fingerprint density at radius 2 is 2.04 bits per heavy atom. The number of alkyl carbamates (subject to hydrolysis) is 1. The van der Waals surface area contributed by atoms with Gasteiger partial charge in [0.2, 0.25) is 5.91 Å². The summed E-state index contributed by atoms with van der Waals surface area (Å²) in [6.07, 6.45) is -0.215. The fourth-order valence-corrected chi connectivity index (χ4v) is 2.76. The van der Waals surface area contributed by atoms with Crippen molar-refractivity contribution in [1.29, 1.82) is 0 Å². The van der Waals surface area contributed by atoms with E-state index >= 15 is 0 Å².